The van der Waals surface area contributed by atoms with Crippen molar-refractivity contribution in [2.45, 2.75) is 6.04 Å². The highest BCUT2D eigenvalue weighted by Gasteiger charge is 2.21. The maximum Gasteiger partial charge on any atom is 0.268 e. The third-order valence-corrected chi connectivity index (χ3v) is 3.97. The van der Waals surface area contributed by atoms with Gasteiger partial charge in [-0.15, -0.1) is 0 Å². The highest BCUT2D eigenvalue weighted by atomic mass is 32.2. The molecule has 22 heavy (non-hydrogen) atoms. The molecule has 0 aliphatic carbocycles. The van der Waals surface area contributed by atoms with Crippen LogP contribution in [0.4, 0.5) is 0 Å². The van der Waals surface area contributed by atoms with Crippen molar-refractivity contribution in [2.75, 3.05) is 12.0 Å². The zero-order valence-corrected chi connectivity index (χ0v) is 12.7. The fourth-order valence-corrected chi connectivity index (χ4v) is 2.92. The fourth-order valence-electron chi connectivity index (χ4n) is 2.04. The summed E-state index contributed by atoms with van der Waals surface area (Å²) in [6, 6.07) is 11.6. The molecule has 1 atom stereocenters. The summed E-state index contributed by atoms with van der Waals surface area (Å²) >= 11 is 0. The molecule has 0 saturated carbocycles. The van der Waals surface area contributed by atoms with Crippen LogP contribution in [0.25, 0.3) is 0 Å². The van der Waals surface area contributed by atoms with Crippen LogP contribution >= 0.6 is 0 Å². The predicted octanol–water partition coefficient (Wildman–Crippen LogP) is 1.40. The molecule has 0 saturated heterocycles. The highest BCUT2D eigenvalue weighted by molar-refractivity contribution is 7.90. The second kappa shape index (κ2) is 6.45. The molecule has 0 aliphatic heterocycles. The number of carbonyl (C=O) groups is 1. The minimum Gasteiger partial charge on any atom is -0.356 e. The number of aromatic amines is 1. The van der Waals surface area contributed by atoms with E-state index in [9.17, 15) is 13.2 Å². The summed E-state index contributed by atoms with van der Waals surface area (Å²) in [4.78, 5) is 14.9. The van der Waals surface area contributed by atoms with E-state index in [1.54, 1.807) is 24.3 Å². The maximum atomic E-state index is 12.2. The minimum atomic E-state index is -3.28. The van der Waals surface area contributed by atoms with Gasteiger partial charge in [-0.25, -0.2) is 8.42 Å². The van der Waals surface area contributed by atoms with Gasteiger partial charge in [-0.1, -0.05) is 30.3 Å². The number of H-pyrrole nitrogens is 1. The van der Waals surface area contributed by atoms with Crippen LogP contribution in [-0.4, -0.2) is 31.3 Å². The van der Waals surface area contributed by atoms with Crippen molar-refractivity contribution in [2.24, 2.45) is 0 Å². The summed E-state index contributed by atoms with van der Waals surface area (Å²) in [6.45, 7) is 0. The van der Waals surface area contributed by atoms with Gasteiger partial charge in [0.1, 0.15) is 21.6 Å². The lowest BCUT2D eigenvalue weighted by Crippen LogP contribution is -2.33. The van der Waals surface area contributed by atoms with Crippen molar-refractivity contribution in [1.29, 1.82) is 5.26 Å². The molecule has 0 fully saturated rings. The Labute approximate surface area is 128 Å². The van der Waals surface area contributed by atoms with Crippen LogP contribution in [0.15, 0.2) is 42.6 Å². The van der Waals surface area contributed by atoms with Crippen LogP contribution in [0.5, 0.6) is 0 Å². The second-order valence-corrected chi connectivity index (χ2v) is 7.13. The number of carbonyl (C=O) groups excluding carboxylic acids is 1. The third kappa shape index (κ3) is 4.20. The van der Waals surface area contributed by atoms with Gasteiger partial charge in [0, 0.05) is 12.5 Å². The van der Waals surface area contributed by atoms with Crippen LogP contribution in [-0.2, 0) is 9.84 Å². The number of nitrogens with one attached hydrogen (secondary N) is 2. The van der Waals surface area contributed by atoms with Gasteiger partial charge in [-0.2, -0.15) is 5.26 Å². The Morgan fingerprint density at radius 1 is 1.36 bits per heavy atom. The summed E-state index contributed by atoms with van der Waals surface area (Å²) in [5, 5.41) is 11.4. The number of rotatable bonds is 5. The number of nitrogens with zero attached hydrogens (tertiary/aromatic N) is 1. The van der Waals surface area contributed by atoms with E-state index in [1.165, 1.54) is 12.3 Å². The zero-order chi connectivity index (χ0) is 16.2. The van der Waals surface area contributed by atoms with E-state index in [0.29, 0.717) is 11.1 Å². The van der Waals surface area contributed by atoms with Gasteiger partial charge in [0.25, 0.3) is 5.91 Å². The van der Waals surface area contributed by atoms with Crippen molar-refractivity contribution in [3.63, 3.8) is 0 Å². The van der Waals surface area contributed by atoms with Gasteiger partial charge < -0.3 is 10.3 Å². The minimum absolute atomic E-state index is 0.200. The van der Waals surface area contributed by atoms with E-state index in [4.69, 9.17) is 5.26 Å². The van der Waals surface area contributed by atoms with Crippen LogP contribution < -0.4 is 5.32 Å². The van der Waals surface area contributed by atoms with Crippen molar-refractivity contribution >= 4 is 15.7 Å². The molecule has 1 amide bonds. The smallest absolute Gasteiger partial charge is 0.268 e. The normalized spacial score (nSPS) is 12.4. The predicted molar refractivity (Wildman–Crippen MR) is 81.9 cm³/mol. The first-order valence-corrected chi connectivity index (χ1v) is 8.57. The van der Waals surface area contributed by atoms with E-state index >= 15 is 0 Å². The van der Waals surface area contributed by atoms with Crippen molar-refractivity contribution in [1.82, 2.24) is 10.3 Å². The van der Waals surface area contributed by atoms with Crippen molar-refractivity contribution < 1.29 is 13.2 Å². The van der Waals surface area contributed by atoms with Crippen LogP contribution in [0.3, 0.4) is 0 Å². The second-order valence-electron chi connectivity index (χ2n) is 4.94. The topological polar surface area (TPSA) is 103 Å². The van der Waals surface area contributed by atoms with Crippen LogP contribution in [0, 0.1) is 11.3 Å². The largest absolute Gasteiger partial charge is 0.356 e. The molecule has 0 aliphatic rings. The van der Waals surface area contributed by atoms with Crippen molar-refractivity contribution in [3.05, 3.63) is 59.4 Å². The van der Waals surface area contributed by atoms with Gasteiger partial charge in [-0.3, -0.25) is 4.79 Å². The van der Waals surface area contributed by atoms with Gasteiger partial charge in [0.2, 0.25) is 0 Å². The molecule has 2 N–H and O–H groups in total. The van der Waals surface area contributed by atoms with E-state index in [2.05, 4.69) is 10.3 Å². The standard InChI is InChI=1S/C15H15N3O3S/c1-22(20,21)10-14(12-5-3-2-4-6-12)18-15(19)13-7-11(8-16)9-17-13/h2-7,9,14,17H,10H2,1H3,(H,18,19). The summed E-state index contributed by atoms with van der Waals surface area (Å²) < 4.78 is 23.2. The molecule has 1 aromatic heterocycles. The molecule has 0 bridgehead atoms. The lowest BCUT2D eigenvalue weighted by atomic mass is 10.1. The summed E-state index contributed by atoms with van der Waals surface area (Å²) in [6.07, 6.45) is 2.54. The van der Waals surface area contributed by atoms with Crippen LogP contribution in [0.1, 0.15) is 27.7 Å². The van der Waals surface area contributed by atoms with Gasteiger partial charge in [-0.05, 0) is 11.6 Å². The number of sulfone groups is 1. The molecule has 1 aromatic carbocycles. The summed E-state index contributed by atoms with van der Waals surface area (Å²) in [5.74, 6) is -0.659. The van der Waals surface area contributed by atoms with E-state index in [-0.39, 0.29) is 11.4 Å². The maximum absolute atomic E-state index is 12.2. The molecule has 1 heterocycles. The number of hydrogen-bond donors (Lipinski definition) is 2. The molecule has 0 spiro atoms. The van der Waals surface area contributed by atoms with Gasteiger partial charge in [0.05, 0.1) is 17.4 Å². The molecule has 6 nitrogen and oxygen atoms in total. The van der Waals surface area contributed by atoms with Gasteiger partial charge in [0.15, 0.2) is 0 Å². The Hall–Kier alpha value is -2.59. The molecule has 1 unspecified atom stereocenters. The van der Waals surface area contributed by atoms with Crippen LogP contribution in [0.2, 0.25) is 0 Å². The molecule has 2 aromatic rings. The number of benzene rings is 1. The van der Waals surface area contributed by atoms with E-state index in [0.717, 1.165) is 6.26 Å². The molecule has 0 radical (unpaired) electrons. The van der Waals surface area contributed by atoms with Gasteiger partial charge >= 0.3 is 0 Å². The Bertz CT molecular complexity index is 804. The monoisotopic (exact) mass is 317 g/mol. The first kappa shape index (κ1) is 15.8. The first-order chi connectivity index (χ1) is 10.4. The molecule has 114 valence electrons. The lowest BCUT2D eigenvalue weighted by molar-refractivity contribution is 0.0936. The molecular formula is C15H15N3O3S. The first-order valence-electron chi connectivity index (χ1n) is 6.51. The number of hydrogen-bond acceptors (Lipinski definition) is 4. The summed E-state index contributed by atoms with van der Waals surface area (Å²) in [5.41, 5.74) is 1.25. The third-order valence-electron chi connectivity index (χ3n) is 3.03. The highest BCUT2D eigenvalue weighted by Crippen LogP contribution is 2.15. The molecule has 7 heteroatoms. The number of nitriles is 1. The Balaban J connectivity index is 2.23. The quantitative estimate of drug-likeness (QED) is 0.870. The zero-order valence-electron chi connectivity index (χ0n) is 11.9. The average molecular weight is 317 g/mol. The number of aromatic nitrogens is 1. The molecule has 2 rings (SSSR count). The fraction of sp³-hybridized carbons (Fsp3) is 0.200. The SMILES string of the molecule is CS(=O)(=O)CC(NC(=O)c1cc(C#N)c[nH]1)c1ccccc1. The Kier molecular flexibility index (Phi) is 4.63. The Morgan fingerprint density at radius 2 is 2.05 bits per heavy atom. The molecular weight excluding hydrogens is 302 g/mol. The summed E-state index contributed by atoms with van der Waals surface area (Å²) in [7, 11) is -3.28. The van der Waals surface area contributed by atoms with Crippen molar-refractivity contribution in [3.8, 4) is 6.07 Å². The Morgan fingerprint density at radius 3 is 2.59 bits per heavy atom. The average Bonchev–Trinajstić information content (AvgIpc) is 2.95. The van der Waals surface area contributed by atoms with E-state index in [1.807, 2.05) is 12.1 Å². The lowest BCUT2D eigenvalue weighted by Gasteiger charge is -2.18. The number of amides is 1. The van der Waals surface area contributed by atoms with E-state index < -0.39 is 21.8 Å².